The summed E-state index contributed by atoms with van der Waals surface area (Å²) < 4.78 is 5.24. The molecule has 114 valence electrons. The number of nitrogens with one attached hydrogen (secondary N) is 1. The van der Waals surface area contributed by atoms with E-state index in [2.05, 4.69) is 5.32 Å². The second-order valence-corrected chi connectivity index (χ2v) is 6.58. The lowest BCUT2D eigenvalue weighted by Crippen LogP contribution is -2.27. The minimum absolute atomic E-state index is 0.270. The Hall–Kier alpha value is -1.84. The van der Waals surface area contributed by atoms with E-state index in [1.54, 1.807) is 0 Å². The lowest BCUT2D eigenvalue weighted by atomic mass is 9.83. The smallest absolute Gasteiger partial charge is 0.412 e. The molecule has 1 aromatic rings. The summed E-state index contributed by atoms with van der Waals surface area (Å²) in [5, 5.41) is 2.74. The molecule has 0 aliphatic heterocycles. The molecule has 1 aliphatic carbocycles. The summed E-state index contributed by atoms with van der Waals surface area (Å²) in [5.74, 6) is 0.600. The lowest BCUT2D eigenvalue weighted by Gasteiger charge is -2.22. The van der Waals surface area contributed by atoms with E-state index >= 15 is 0 Å². The van der Waals surface area contributed by atoms with Gasteiger partial charge < -0.3 is 4.74 Å². The molecule has 0 saturated heterocycles. The standard InChI is InChI=1S/C17H23NO3/c1-17(2,3)21-16(20)18-14-8-4-6-12(10-14)13-7-5-9-15(19)11-13/h4,6,8,10,13H,5,7,9,11H2,1-3H3,(H,18,20). The van der Waals surface area contributed by atoms with Gasteiger partial charge in [0, 0.05) is 18.5 Å². The molecule has 1 saturated carbocycles. The highest BCUT2D eigenvalue weighted by Gasteiger charge is 2.21. The molecule has 1 fully saturated rings. The van der Waals surface area contributed by atoms with Crippen LogP contribution in [0.5, 0.6) is 0 Å². The number of ether oxygens (including phenoxy) is 1. The summed E-state index contributed by atoms with van der Waals surface area (Å²) in [6.07, 6.45) is 2.83. The van der Waals surface area contributed by atoms with E-state index in [-0.39, 0.29) is 5.92 Å². The third-order valence-electron chi connectivity index (χ3n) is 3.49. The van der Waals surface area contributed by atoms with E-state index in [9.17, 15) is 9.59 Å². The highest BCUT2D eigenvalue weighted by molar-refractivity contribution is 5.85. The Morgan fingerprint density at radius 3 is 2.76 bits per heavy atom. The van der Waals surface area contributed by atoms with Crippen LogP contribution in [0.1, 0.15) is 57.9 Å². The summed E-state index contributed by atoms with van der Waals surface area (Å²) in [7, 11) is 0. The zero-order chi connectivity index (χ0) is 15.5. The van der Waals surface area contributed by atoms with Crippen LogP contribution in [0, 0.1) is 0 Å². The number of carbonyl (C=O) groups excluding carboxylic acids is 2. The van der Waals surface area contributed by atoms with Crippen LogP contribution in [0.3, 0.4) is 0 Å². The lowest BCUT2D eigenvalue weighted by molar-refractivity contribution is -0.120. The molecule has 2 rings (SSSR count). The average Bonchev–Trinajstić information content (AvgIpc) is 2.36. The second kappa shape index (κ2) is 6.29. The minimum atomic E-state index is -0.516. The van der Waals surface area contributed by atoms with E-state index in [0.717, 1.165) is 18.4 Å². The van der Waals surface area contributed by atoms with Crippen LogP contribution in [0.2, 0.25) is 0 Å². The number of ketones is 1. The maximum absolute atomic E-state index is 11.8. The van der Waals surface area contributed by atoms with E-state index < -0.39 is 11.7 Å². The number of amides is 1. The van der Waals surface area contributed by atoms with Crippen molar-refractivity contribution in [1.82, 2.24) is 0 Å². The van der Waals surface area contributed by atoms with Crippen LogP contribution in [-0.2, 0) is 9.53 Å². The predicted octanol–water partition coefficient (Wildman–Crippen LogP) is 4.26. The van der Waals surface area contributed by atoms with Crippen LogP contribution in [0.4, 0.5) is 10.5 Å². The van der Waals surface area contributed by atoms with Crippen molar-refractivity contribution in [2.24, 2.45) is 0 Å². The van der Waals surface area contributed by atoms with Crippen molar-refractivity contribution in [2.45, 2.75) is 58.0 Å². The van der Waals surface area contributed by atoms with Gasteiger partial charge in [0.15, 0.2) is 0 Å². The van der Waals surface area contributed by atoms with Crippen LogP contribution in [0.25, 0.3) is 0 Å². The molecule has 1 unspecified atom stereocenters. The number of carbonyl (C=O) groups is 2. The molecule has 1 amide bonds. The Morgan fingerprint density at radius 1 is 1.33 bits per heavy atom. The van der Waals surface area contributed by atoms with E-state index in [0.29, 0.717) is 24.3 Å². The topological polar surface area (TPSA) is 55.4 Å². The van der Waals surface area contributed by atoms with Crippen molar-refractivity contribution < 1.29 is 14.3 Å². The molecular weight excluding hydrogens is 266 g/mol. The zero-order valence-corrected chi connectivity index (χ0v) is 12.9. The van der Waals surface area contributed by atoms with Crippen molar-refractivity contribution in [3.8, 4) is 0 Å². The van der Waals surface area contributed by atoms with Crippen LogP contribution in [0.15, 0.2) is 24.3 Å². The third kappa shape index (κ3) is 4.88. The SMILES string of the molecule is CC(C)(C)OC(=O)Nc1cccc(C2CCCC(=O)C2)c1. The van der Waals surface area contributed by atoms with Crippen LogP contribution in [-0.4, -0.2) is 17.5 Å². The van der Waals surface area contributed by atoms with Crippen LogP contribution < -0.4 is 5.32 Å². The minimum Gasteiger partial charge on any atom is -0.444 e. The number of Topliss-reactive ketones (excluding diaryl/α,β-unsaturated/α-hetero) is 1. The van der Waals surface area contributed by atoms with Gasteiger partial charge in [-0.05, 0) is 57.2 Å². The molecule has 21 heavy (non-hydrogen) atoms. The van der Waals surface area contributed by atoms with Gasteiger partial charge >= 0.3 is 6.09 Å². The normalized spacial score (nSPS) is 19.2. The van der Waals surface area contributed by atoms with Gasteiger partial charge in [-0.15, -0.1) is 0 Å². The molecular formula is C17H23NO3. The number of hydrogen-bond acceptors (Lipinski definition) is 3. The average molecular weight is 289 g/mol. The van der Waals surface area contributed by atoms with Crippen molar-refractivity contribution >= 4 is 17.6 Å². The largest absolute Gasteiger partial charge is 0.444 e. The van der Waals surface area contributed by atoms with Crippen LogP contribution >= 0.6 is 0 Å². The number of anilines is 1. The van der Waals surface area contributed by atoms with Gasteiger partial charge in [-0.3, -0.25) is 10.1 Å². The fourth-order valence-corrected chi connectivity index (χ4v) is 2.60. The van der Waals surface area contributed by atoms with Crippen molar-refractivity contribution in [3.05, 3.63) is 29.8 Å². The van der Waals surface area contributed by atoms with Crippen molar-refractivity contribution in [3.63, 3.8) is 0 Å². The van der Waals surface area contributed by atoms with Gasteiger partial charge in [0.1, 0.15) is 11.4 Å². The Morgan fingerprint density at radius 2 is 2.10 bits per heavy atom. The van der Waals surface area contributed by atoms with Gasteiger partial charge in [-0.2, -0.15) is 0 Å². The van der Waals surface area contributed by atoms with Gasteiger partial charge in [-0.25, -0.2) is 4.79 Å². The Labute approximate surface area is 125 Å². The maximum Gasteiger partial charge on any atom is 0.412 e. The monoisotopic (exact) mass is 289 g/mol. The summed E-state index contributed by atoms with van der Waals surface area (Å²) in [6, 6.07) is 7.69. The quantitative estimate of drug-likeness (QED) is 0.885. The third-order valence-corrected chi connectivity index (χ3v) is 3.49. The zero-order valence-electron chi connectivity index (χ0n) is 12.9. The first-order valence-corrected chi connectivity index (χ1v) is 7.45. The predicted molar refractivity (Wildman–Crippen MR) is 82.5 cm³/mol. The summed E-state index contributed by atoms with van der Waals surface area (Å²) >= 11 is 0. The Bertz CT molecular complexity index is 531. The van der Waals surface area contributed by atoms with Gasteiger partial charge in [0.2, 0.25) is 0 Å². The molecule has 4 nitrogen and oxygen atoms in total. The number of benzene rings is 1. The summed E-state index contributed by atoms with van der Waals surface area (Å²) in [4.78, 5) is 23.4. The Kier molecular flexibility index (Phi) is 4.66. The number of hydrogen-bond donors (Lipinski definition) is 1. The summed E-state index contributed by atoms with van der Waals surface area (Å²) in [6.45, 7) is 5.49. The fraction of sp³-hybridized carbons (Fsp3) is 0.529. The van der Waals surface area contributed by atoms with E-state index in [1.165, 1.54) is 0 Å². The van der Waals surface area contributed by atoms with Crippen molar-refractivity contribution in [1.29, 1.82) is 0 Å². The molecule has 1 atom stereocenters. The summed E-state index contributed by atoms with van der Waals surface area (Å²) in [5.41, 5.74) is 1.30. The first-order chi connectivity index (χ1) is 9.83. The molecule has 0 heterocycles. The fourth-order valence-electron chi connectivity index (χ4n) is 2.60. The van der Waals surface area contributed by atoms with Crippen molar-refractivity contribution in [2.75, 3.05) is 5.32 Å². The number of rotatable bonds is 2. The molecule has 1 N–H and O–H groups in total. The van der Waals surface area contributed by atoms with E-state index in [4.69, 9.17) is 4.74 Å². The maximum atomic E-state index is 11.8. The van der Waals surface area contributed by atoms with Gasteiger partial charge in [-0.1, -0.05) is 12.1 Å². The molecule has 0 radical (unpaired) electrons. The first-order valence-electron chi connectivity index (χ1n) is 7.45. The Balaban J connectivity index is 2.04. The highest BCUT2D eigenvalue weighted by atomic mass is 16.6. The highest BCUT2D eigenvalue weighted by Crippen LogP contribution is 2.32. The second-order valence-electron chi connectivity index (χ2n) is 6.58. The molecule has 1 aliphatic rings. The molecule has 0 aromatic heterocycles. The van der Waals surface area contributed by atoms with Gasteiger partial charge in [0.05, 0.1) is 0 Å². The molecule has 0 bridgehead atoms. The van der Waals surface area contributed by atoms with E-state index in [1.807, 2.05) is 45.0 Å². The first kappa shape index (κ1) is 15.5. The molecule has 4 heteroatoms. The molecule has 0 spiro atoms. The van der Waals surface area contributed by atoms with Gasteiger partial charge in [0.25, 0.3) is 0 Å². The molecule has 1 aromatic carbocycles.